The SMILES string of the molecule is COc1ccc([C@@H]2CC(c3ccccc3)=NN2c2ccc(/C=N\NC(=O)c3ccccc3Cl)cc2)cc1. The molecule has 0 bridgehead atoms. The molecule has 0 aliphatic carbocycles. The lowest BCUT2D eigenvalue weighted by Crippen LogP contribution is -2.18. The summed E-state index contributed by atoms with van der Waals surface area (Å²) in [6, 6.07) is 33.2. The molecule has 1 atom stereocenters. The minimum absolute atomic E-state index is 0.0514. The molecule has 0 radical (unpaired) electrons. The maximum atomic E-state index is 12.3. The molecular formula is C30H25ClN4O2. The topological polar surface area (TPSA) is 66.3 Å². The van der Waals surface area contributed by atoms with E-state index in [4.69, 9.17) is 21.4 Å². The van der Waals surface area contributed by atoms with Gasteiger partial charge in [-0.05, 0) is 53.1 Å². The normalized spacial score (nSPS) is 15.0. The second-order valence-electron chi connectivity index (χ2n) is 8.52. The Hall–Kier alpha value is -4.42. The summed E-state index contributed by atoms with van der Waals surface area (Å²) in [7, 11) is 1.67. The molecule has 4 aromatic carbocycles. The summed E-state index contributed by atoms with van der Waals surface area (Å²) in [5.74, 6) is 0.461. The number of hydrazone groups is 2. The number of rotatable bonds is 7. The van der Waals surface area contributed by atoms with Gasteiger partial charge in [0.05, 0.1) is 41.4 Å². The number of hydrogen-bond acceptors (Lipinski definition) is 5. The van der Waals surface area contributed by atoms with Gasteiger partial charge in [0.25, 0.3) is 5.91 Å². The van der Waals surface area contributed by atoms with Gasteiger partial charge >= 0.3 is 0 Å². The van der Waals surface area contributed by atoms with Gasteiger partial charge in [-0.25, -0.2) is 5.43 Å². The van der Waals surface area contributed by atoms with Crippen LogP contribution in [0.3, 0.4) is 0 Å². The molecule has 1 aliphatic rings. The third-order valence-corrected chi connectivity index (χ3v) is 6.50. The number of methoxy groups -OCH3 is 1. The Morgan fingerprint density at radius 3 is 2.38 bits per heavy atom. The summed E-state index contributed by atoms with van der Waals surface area (Å²) in [5, 5.41) is 11.5. The highest BCUT2D eigenvalue weighted by Gasteiger charge is 2.29. The second-order valence-corrected chi connectivity index (χ2v) is 8.93. The van der Waals surface area contributed by atoms with Gasteiger partial charge < -0.3 is 4.74 Å². The maximum absolute atomic E-state index is 12.3. The molecule has 0 spiro atoms. The van der Waals surface area contributed by atoms with E-state index in [1.807, 2.05) is 54.6 Å². The van der Waals surface area contributed by atoms with Crippen molar-refractivity contribution in [1.82, 2.24) is 5.43 Å². The first-order valence-electron chi connectivity index (χ1n) is 11.9. The first-order valence-corrected chi connectivity index (χ1v) is 12.2. The molecule has 37 heavy (non-hydrogen) atoms. The van der Waals surface area contributed by atoms with Gasteiger partial charge in [-0.2, -0.15) is 10.2 Å². The summed E-state index contributed by atoms with van der Waals surface area (Å²) >= 11 is 6.08. The molecule has 1 aliphatic heterocycles. The molecule has 0 fully saturated rings. The van der Waals surface area contributed by atoms with Gasteiger partial charge in [-0.3, -0.25) is 9.80 Å². The minimum Gasteiger partial charge on any atom is -0.497 e. The molecule has 5 rings (SSSR count). The molecule has 4 aromatic rings. The summed E-state index contributed by atoms with van der Waals surface area (Å²) in [4.78, 5) is 12.3. The number of nitrogens with zero attached hydrogens (tertiary/aromatic N) is 3. The predicted octanol–water partition coefficient (Wildman–Crippen LogP) is 6.47. The number of nitrogens with one attached hydrogen (secondary N) is 1. The van der Waals surface area contributed by atoms with Crippen LogP contribution in [0, 0.1) is 0 Å². The zero-order valence-electron chi connectivity index (χ0n) is 20.2. The number of ether oxygens (including phenoxy) is 1. The highest BCUT2D eigenvalue weighted by Crippen LogP contribution is 2.37. The molecule has 184 valence electrons. The summed E-state index contributed by atoms with van der Waals surface area (Å²) in [5.41, 5.74) is 8.01. The fourth-order valence-electron chi connectivity index (χ4n) is 4.22. The Labute approximate surface area is 220 Å². The van der Waals surface area contributed by atoms with Gasteiger partial charge in [-0.15, -0.1) is 0 Å². The summed E-state index contributed by atoms with van der Waals surface area (Å²) in [6.45, 7) is 0. The third-order valence-electron chi connectivity index (χ3n) is 6.17. The van der Waals surface area contributed by atoms with Gasteiger partial charge in [0.15, 0.2) is 0 Å². The average Bonchev–Trinajstić information content (AvgIpc) is 3.40. The number of amides is 1. The number of benzene rings is 4. The van der Waals surface area contributed by atoms with E-state index in [0.717, 1.165) is 40.3 Å². The molecule has 0 aromatic heterocycles. The zero-order chi connectivity index (χ0) is 25.6. The van der Waals surface area contributed by atoms with Crippen molar-refractivity contribution in [2.75, 3.05) is 12.1 Å². The Bertz CT molecular complexity index is 1430. The molecular weight excluding hydrogens is 484 g/mol. The maximum Gasteiger partial charge on any atom is 0.272 e. The number of halogens is 1. The molecule has 1 heterocycles. The highest BCUT2D eigenvalue weighted by atomic mass is 35.5. The quantitative estimate of drug-likeness (QED) is 0.230. The van der Waals surface area contributed by atoms with Crippen molar-refractivity contribution in [2.45, 2.75) is 12.5 Å². The van der Waals surface area contributed by atoms with Crippen LogP contribution in [0.1, 0.15) is 39.5 Å². The van der Waals surface area contributed by atoms with Crippen LogP contribution in [0.5, 0.6) is 5.75 Å². The van der Waals surface area contributed by atoms with Crippen LogP contribution in [0.15, 0.2) is 113 Å². The number of carbonyl (C=O) groups excluding carboxylic acids is 1. The Morgan fingerprint density at radius 1 is 0.973 bits per heavy atom. The Morgan fingerprint density at radius 2 is 1.68 bits per heavy atom. The Kier molecular flexibility index (Phi) is 7.28. The molecule has 7 heteroatoms. The van der Waals surface area contributed by atoms with Crippen LogP contribution in [0.25, 0.3) is 0 Å². The van der Waals surface area contributed by atoms with Gasteiger partial charge in [0.1, 0.15) is 5.75 Å². The van der Waals surface area contributed by atoms with Crippen molar-refractivity contribution in [3.63, 3.8) is 0 Å². The van der Waals surface area contributed by atoms with Crippen LogP contribution in [0.2, 0.25) is 5.02 Å². The van der Waals surface area contributed by atoms with Crippen LogP contribution < -0.4 is 15.2 Å². The Balaban J connectivity index is 1.35. The second kappa shape index (κ2) is 11.1. The monoisotopic (exact) mass is 508 g/mol. The van der Waals surface area contributed by atoms with E-state index in [1.54, 1.807) is 37.6 Å². The van der Waals surface area contributed by atoms with E-state index in [1.165, 1.54) is 0 Å². The van der Waals surface area contributed by atoms with Crippen LogP contribution >= 0.6 is 11.6 Å². The van der Waals surface area contributed by atoms with E-state index < -0.39 is 0 Å². The van der Waals surface area contributed by atoms with E-state index in [0.29, 0.717) is 10.6 Å². The first kappa shape index (κ1) is 24.3. The van der Waals surface area contributed by atoms with Crippen LogP contribution in [-0.4, -0.2) is 24.9 Å². The first-order chi connectivity index (χ1) is 18.1. The number of carbonyl (C=O) groups is 1. The lowest BCUT2D eigenvalue weighted by molar-refractivity contribution is 0.0955. The van der Waals surface area contributed by atoms with Crippen molar-refractivity contribution in [1.29, 1.82) is 0 Å². The fraction of sp³-hybridized carbons (Fsp3) is 0.100. The van der Waals surface area contributed by atoms with E-state index in [9.17, 15) is 4.79 Å². The molecule has 0 unspecified atom stereocenters. The average molecular weight is 509 g/mol. The van der Waals surface area contributed by atoms with E-state index in [2.05, 4.69) is 39.8 Å². The highest BCUT2D eigenvalue weighted by molar-refractivity contribution is 6.33. The third kappa shape index (κ3) is 5.55. The molecule has 1 N–H and O–H groups in total. The van der Waals surface area contributed by atoms with Gasteiger partial charge in [-0.1, -0.05) is 78.3 Å². The largest absolute Gasteiger partial charge is 0.497 e. The number of hydrogen-bond donors (Lipinski definition) is 1. The van der Waals surface area contributed by atoms with E-state index >= 15 is 0 Å². The molecule has 1 amide bonds. The van der Waals surface area contributed by atoms with Crippen molar-refractivity contribution in [3.8, 4) is 5.75 Å². The van der Waals surface area contributed by atoms with Gasteiger partial charge in [0.2, 0.25) is 0 Å². The van der Waals surface area contributed by atoms with Crippen molar-refractivity contribution >= 4 is 35.1 Å². The predicted molar refractivity (Wildman–Crippen MR) is 149 cm³/mol. The zero-order valence-corrected chi connectivity index (χ0v) is 21.0. The minimum atomic E-state index is -0.361. The number of anilines is 1. The van der Waals surface area contributed by atoms with Gasteiger partial charge in [0, 0.05) is 6.42 Å². The van der Waals surface area contributed by atoms with E-state index in [-0.39, 0.29) is 11.9 Å². The van der Waals surface area contributed by atoms with Crippen LogP contribution in [0.4, 0.5) is 5.69 Å². The van der Waals surface area contributed by atoms with Crippen molar-refractivity contribution in [2.24, 2.45) is 10.2 Å². The lowest BCUT2D eigenvalue weighted by atomic mass is 9.98. The van der Waals surface area contributed by atoms with Crippen LogP contribution in [-0.2, 0) is 0 Å². The molecule has 0 saturated heterocycles. The standard InChI is InChI=1S/C30H25ClN4O2/c1-37-25-17-13-23(14-18-25)29-19-28(22-7-3-2-4-8-22)34-35(29)24-15-11-21(12-16-24)20-32-33-30(36)26-9-5-6-10-27(26)31/h2-18,20,29H,19H2,1H3,(H,33,36)/b32-20-/t29-/m0/s1. The fourth-order valence-corrected chi connectivity index (χ4v) is 4.44. The van der Waals surface area contributed by atoms with Crippen molar-refractivity contribution < 1.29 is 9.53 Å². The smallest absolute Gasteiger partial charge is 0.272 e. The molecule has 6 nitrogen and oxygen atoms in total. The molecule has 0 saturated carbocycles. The summed E-state index contributed by atoms with van der Waals surface area (Å²) in [6.07, 6.45) is 2.38. The van der Waals surface area contributed by atoms with Crippen molar-refractivity contribution in [3.05, 3.63) is 130 Å². The summed E-state index contributed by atoms with van der Waals surface area (Å²) < 4.78 is 5.34. The lowest BCUT2D eigenvalue weighted by Gasteiger charge is -2.24.